The van der Waals surface area contributed by atoms with Gasteiger partial charge in [-0.1, -0.05) is 59.4 Å². The van der Waals surface area contributed by atoms with Crippen molar-refractivity contribution in [2.75, 3.05) is 13.2 Å². The summed E-state index contributed by atoms with van der Waals surface area (Å²) in [6.45, 7) is 23.1. The summed E-state index contributed by atoms with van der Waals surface area (Å²) in [6, 6.07) is 0. The predicted molar refractivity (Wildman–Crippen MR) is 173 cm³/mol. The lowest BCUT2D eigenvalue weighted by Crippen LogP contribution is -2.67. The van der Waals surface area contributed by atoms with E-state index >= 15 is 0 Å². The maximum absolute atomic E-state index is 13.8. The Bertz CT molecular complexity index is 1180. The maximum Gasteiger partial charge on any atom is 0.312 e. The largest absolute Gasteiger partial charge is 0.461 e. The molecular weight excluding hydrogens is 568 g/mol. The first-order valence-corrected chi connectivity index (χ1v) is 17.8. The molecule has 5 aliphatic carbocycles. The Labute approximate surface area is 271 Å². The number of ether oxygens (including phenoxy) is 3. The van der Waals surface area contributed by atoms with E-state index < -0.39 is 30.0 Å². The fraction of sp³-hybridized carbons (Fsp3) is 0.868. The van der Waals surface area contributed by atoms with Gasteiger partial charge in [-0.25, -0.2) is 0 Å². The molecule has 7 nitrogen and oxygen atoms in total. The van der Waals surface area contributed by atoms with Crippen molar-refractivity contribution in [2.45, 2.75) is 136 Å². The Hall–Kier alpha value is -1.25. The third kappa shape index (κ3) is 4.71. The van der Waals surface area contributed by atoms with Crippen LogP contribution in [0.1, 0.15) is 106 Å². The number of esters is 1. The van der Waals surface area contributed by atoms with Gasteiger partial charge in [0.1, 0.15) is 24.9 Å². The lowest BCUT2D eigenvalue weighted by atomic mass is 9.32. The van der Waals surface area contributed by atoms with Crippen molar-refractivity contribution in [1.29, 1.82) is 0 Å². The first-order valence-electron chi connectivity index (χ1n) is 17.8. The van der Waals surface area contributed by atoms with E-state index in [0.717, 1.165) is 57.8 Å². The van der Waals surface area contributed by atoms with Crippen LogP contribution in [0, 0.1) is 56.7 Å². The second-order valence-electron chi connectivity index (χ2n) is 17.5. The normalized spacial score (nSPS) is 52.0. The molecule has 6 fully saturated rings. The highest BCUT2D eigenvalue weighted by atomic mass is 16.7. The van der Waals surface area contributed by atoms with Gasteiger partial charge in [-0.2, -0.15) is 0 Å². The van der Waals surface area contributed by atoms with Crippen LogP contribution in [0.3, 0.4) is 0 Å². The summed E-state index contributed by atoms with van der Waals surface area (Å²) < 4.78 is 18.0. The lowest BCUT2D eigenvalue weighted by molar-refractivity contribution is -0.311. The minimum absolute atomic E-state index is 0.00434. The zero-order valence-corrected chi connectivity index (χ0v) is 28.7. The van der Waals surface area contributed by atoms with Crippen LogP contribution >= 0.6 is 0 Å². The van der Waals surface area contributed by atoms with Crippen LogP contribution in [0.4, 0.5) is 0 Å². The van der Waals surface area contributed by atoms with Gasteiger partial charge in [-0.15, -0.1) is 0 Å². The third-order valence-electron chi connectivity index (χ3n) is 15.5. The first-order chi connectivity index (χ1) is 21.1. The average Bonchev–Trinajstić information content (AvgIpc) is 3.39. The van der Waals surface area contributed by atoms with Crippen LogP contribution in [-0.2, 0) is 19.0 Å². The van der Waals surface area contributed by atoms with Crippen LogP contribution in [0.15, 0.2) is 24.8 Å². The number of rotatable bonds is 6. The van der Waals surface area contributed by atoms with Crippen LogP contribution in [-0.4, -0.2) is 65.2 Å². The quantitative estimate of drug-likeness (QED) is 0.183. The third-order valence-corrected chi connectivity index (χ3v) is 15.5. The van der Waals surface area contributed by atoms with Crippen LogP contribution < -0.4 is 0 Å². The van der Waals surface area contributed by atoms with Crippen molar-refractivity contribution >= 4 is 5.97 Å². The Morgan fingerprint density at radius 1 is 0.889 bits per heavy atom. The van der Waals surface area contributed by atoms with Gasteiger partial charge in [-0.05, 0) is 122 Å². The van der Waals surface area contributed by atoms with Crippen molar-refractivity contribution in [3.8, 4) is 0 Å². The van der Waals surface area contributed by atoms with E-state index in [0.29, 0.717) is 23.7 Å². The summed E-state index contributed by atoms with van der Waals surface area (Å²) >= 11 is 0. The number of aliphatic hydroxyl groups excluding tert-OH is 3. The van der Waals surface area contributed by atoms with Crippen molar-refractivity contribution in [3.05, 3.63) is 24.8 Å². The number of aliphatic hydroxyl groups is 3. The van der Waals surface area contributed by atoms with Gasteiger partial charge in [0, 0.05) is 0 Å². The molecule has 5 saturated carbocycles. The summed E-state index contributed by atoms with van der Waals surface area (Å²) in [5.41, 5.74) is 1.10. The topological polar surface area (TPSA) is 105 Å². The molecule has 0 aromatic heterocycles. The summed E-state index contributed by atoms with van der Waals surface area (Å²) in [7, 11) is 0. The van der Waals surface area contributed by atoms with E-state index in [9.17, 15) is 20.1 Å². The molecule has 0 radical (unpaired) electrons. The highest BCUT2D eigenvalue weighted by molar-refractivity contribution is 5.78. The average molecular weight is 629 g/mol. The molecule has 7 heteroatoms. The van der Waals surface area contributed by atoms with Gasteiger partial charge in [0.2, 0.25) is 0 Å². The molecule has 6 rings (SSSR count). The summed E-state index contributed by atoms with van der Waals surface area (Å²) in [6.07, 6.45) is 7.42. The molecule has 1 heterocycles. The molecule has 0 unspecified atom stereocenters. The Morgan fingerprint density at radius 3 is 2.31 bits per heavy atom. The standard InChI is InChI=1S/C38H60O7/c1-9-20-43-33(42)38-17-12-23(22(2)3)29(38)24-10-11-27-35(6)15-14-28(45-32-31(41)30(40)25(39)21-44-32)34(4,5)26(35)13-16-37(27,8)36(24,7)18-19-38/h9,23-32,39-41H,1-2,10-21H2,3-8H3/t23-,24+,25-,26-,27+,28-,29+,30-,31+,32-,35-,36+,37+,38-/m0/s1. The number of allylic oxidation sites excluding steroid dienone is 1. The van der Waals surface area contributed by atoms with Gasteiger partial charge in [0.25, 0.3) is 0 Å². The molecule has 0 amide bonds. The van der Waals surface area contributed by atoms with Crippen LogP contribution in [0.25, 0.3) is 0 Å². The molecule has 14 atom stereocenters. The molecule has 0 aromatic carbocycles. The van der Waals surface area contributed by atoms with E-state index in [4.69, 9.17) is 14.2 Å². The van der Waals surface area contributed by atoms with Gasteiger partial charge >= 0.3 is 5.97 Å². The Morgan fingerprint density at radius 2 is 1.62 bits per heavy atom. The van der Waals surface area contributed by atoms with Crippen molar-refractivity contribution in [2.24, 2.45) is 56.7 Å². The summed E-state index contributed by atoms with van der Waals surface area (Å²) in [5, 5.41) is 30.9. The highest BCUT2D eigenvalue weighted by Crippen LogP contribution is 2.77. The van der Waals surface area contributed by atoms with E-state index in [1.54, 1.807) is 6.08 Å². The second kappa shape index (κ2) is 11.4. The number of carbonyl (C=O) groups excluding carboxylic acids is 1. The molecule has 1 aliphatic heterocycles. The number of hydrogen-bond donors (Lipinski definition) is 3. The molecule has 6 aliphatic rings. The molecular formula is C38H60O7. The minimum Gasteiger partial charge on any atom is -0.461 e. The van der Waals surface area contributed by atoms with Crippen molar-refractivity contribution in [3.63, 3.8) is 0 Å². The van der Waals surface area contributed by atoms with Gasteiger partial charge < -0.3 is 29.5 Å². The van der Waals surface area contributed by atoms with Gasteiger partial charge in [-0.3, -0.25) is 4.79 Å². The summed E-state index contributed by atoms with van der Waals surface area (Å²) in [4.78, 5) is 13.8. The first kappa shape index (κ1) is 33.6. The van der Waals surface area contributed by atoms with Crippen LogP contribution in [0.2, 0.25) is 0 Å². The Balaban J connectivity index is 1.27. The van der Waals surface area contributed by atoms with E-state index in [1.165, 1.54) is 12.0 Å². The second-order valence-corrected chi connectivity index (χ2v) is 17.5. The van der Waals surface area contributed by atoms with Crippen molar-refractivity contribution in [1.82, 2.24) is 0 Å². The van der Waals surface area contributed by atoms with Crippen molar-refractivity contribution < 1.29 is 34.3 Å². The zero-order chi connectivity index (χ0) is 32.7. The van der Waals surface area contributed by atoms with Gasteiger partial charge in [0.15, 0.2) is 6.29 Å². The number of fused-ring (bicyclic) bond motifs is 7. The predicted octanol–water partition coefficient (Wildman–Crippen LogP) is 6.20. The SMILES string of the molecule is C=CCOC(=O)[C@]12CC[C@@H](C(=C)C)[C@@H]1[C@H]1CC[C@@H]3[C@@]4(C)CC[C@H](O[C@@H]5OC[C@H](O)[C@H](O)[C@H]5O)C(C)(C)[C@@H]4CC[C@@]3(C)[C@]1(C)CC2. The number of hydrogen-bond acceptors (Lipinski definition) is 7. The minimum atomic E-state index is -1.27. The molecule has 3 N–H and O–H groups in total. The van der Waals surface area contributed by atoms with Gasteiger partial charge in [0.05, 0.1) is 18.1 Å². The summed E-state index contributed by atoms with van der Waals surface area (Å²) in [5.74, 6) is 2.13. The molecule has 0 spiro atoms. The Kier molecular flexibility index (Phi) is 8.54. The van der Waals surface area contributed by atoms with E-state index in [2.05, 4.69) is 54.7 Å². The lowest BCUT2D eigenvalue weighted by Gasteiger charge is -2.73. The zero-order valence-electron chi connectivity index (χ0n) is 28.7. The van der Waals surface area contributed by atoms with E-state index in [-0.39, 0.29) is 52.9 Å². The molecule has 0 bridgehead atoms. The molecule has 254 valence electrons. The van der Waals surface area contributed by atoms with Crippen LogP contribution in [0.5, 0.6) is 0 Å². The molecule has 45 heavy (non-hydrogen) atoms. The fourth-order valence-corrected chi connectivity index (χ4v) is 13.1. The monoisotopic (exact) mass is 628 g/mol. The van der Waals surface area contributed by atoms with E-state index in [1.807, 2.05) is 0 Å². The number of carbonyl (C=O) groups is 1. The highest BCUT2D eigenvalue weighted by Gasteiger charge is 2.72. The molecule has 1 saturated heterocycles. The molecule has 0 aromatic rings. The maximum atomic E-state index is 13.8. The fourth-order valence-electron chi connectivity index (χ4n) is 13.1. The smallest absolute Gasteiger partial charge is 0.312 e.